The summed E-state index contributed by atoms with van der Waals surface area (Å²) in [6.07, 6.45) is 0. The number of thioether (sulfide) groups is 1. The molecule has 0 saturated heterocycles. The van der Waals surface area contributed by atoms with E-state index in [0.29, 0.717) is 10.9 Å². The van der Waals surface area contributed by atoms with Gasteiger partial charge in [-0.1, -0.05) is 6.07 Å². The summed E-state index contributed by atoms with van der Waals surface area (Å²) in [7, 11) is 0. The normalized spacial score (nSPS) is 13.6. The van der Waals surface area contributed by atoms with Crippen LogP contribution in [0, 0.1) is 5.82 Å². The van der Waals surface area contributed by atoms with Gasteiger partial charge >= 0.3 is 0 Å². The highest BCUT2D eigenvalue weighted by Crippen LogP contribution is 2.47. The number of halogens is 1. The summed E-state index contributed by atoms with van der Waals surface area (Å²) in [5.74, 6) is -0.189. The first-order valence-corrected chi connectivity index (χ1v) is 6.57. The second-order valence-corrected chi connectivity index (χ2v) is 5.50. The van der Waals surface area contributed by atoms with Crippen molar-refractivity contribution in [3.05, 3.63) is 47.8 Å². The molecule has 1 aliphatic heterocycles. The van der Waals surface area contributed by atoms with Crippen molar-refractivity contribution >= 4 is 38.4 Å². The monoisotopic (exact) mass is 270 g/mol. The molecule has 0 bridgehead atoms. The first kappa shape index (κ1) is 10.8. The standard InChI is InChI=1S/C15H7FO2S/c16-8-2-1-7-5-11-12(17)4-3-9-13(11)14(10(7)6-8)19-15(9)18/h1-6,17H. The predicted octanol–water partition coefficient (Wildman–Crippen LogP) is 4.08. The van der Waals surface area contributed by atoms with Crippen molar-refractivity contribution in [2.24, 2.45) is 0 Å². The van der Waals surface area contributed by atoms with E-state index in [9.17, 15) is 14.3 Å². The maximum atomic E-state index is 13.4. The first-order chi connectivity index (χ1) is 9.15. The lowest BCUT2D eigenvalue weighted by Gasteiger charge is -2.07. The Bertz CT molecular complexity index is 886. The Morgan fingerprint density at radius 3 is 2.74 bits per heavy atom. The molecule has 1 N–H and O–H groups in total. The summed E-state index contributed by atoms with van der Waals surface area (Å²) in [4.78, 5) is 12.7. The van der Waals surface area contributed by atoms with Gasteiger partial charge in [0, 0.05) is 21.2 Å². The zero-order valence-electron chi connectivity index (χ0n) is 9.61. The molecule has 0 amide bonds. The summed E-state index contributed by atoms with van der Waals surface area (Å²) in [5, 5.41) is 12.8. The summed E-state index contributed by atoms with van der Waals surface area (Å²) in [6.45, 7) is 0. The van der Waals surface area contributed by atoms with Crippen LogP contribution in [0.25, 0.3) is 21.5 Å². The number of aromatic hydroxyl groups is 1. The number of carbonyl (C=O) groups excluding carboxylic acids is 1. The molecule has 4 rings (SSSR count). The Hall–Kier alpha value is -2.07. The molecular weight excluding hydrogens is 263 g/mol. The molecule has 1 aliphatic rings. The van der Waals surface area contributed by atoms with Crippen LogP contribution < -0.4 is 0 Å². The average Bonchev–Trinajstić information content (AvgIpc) is 2.72. The SMILES string of the molecule is O=C1Sc2c3cc(F)ccc3cc3c(O)ccc1c23. The topological polar surface area (TPSA) is 37.3 Å². The number of hydrogen-bond donors (Lipinski definition) is 1. The molecule has 0 fully saturated rings. The highest BCUT2D eigenvalue weighted by atomic mass is 32.2. The van der Waals surface area contributed by atoms with Crippen LogP contribution in [0.4, 0.5) is 4.39 Å². The van der Waals surface area contributed by atoms with Gasteiger partial charge in [0.2, 0.25) is 5.12 Å². The Balaban J connectivity index is 2.31. The van der Waals surface area contributed by atoms with Crippen LogP contribution in [0.2, 0.25) is 0 Å². The van der Waals surface area contributed by atoms with Crippen LogP contribution >= 0.6 is 11.8 Å². The second kappa shape index (κ2) is 3.48. The van der Waals surface area contributed by atoms with Crippen molar-refractivity contribution in [1.82, 2.24) is 0 Å². The van der Waals surface area contributed by atoms with E-state index in [1.807, 2.05) is 0 Å². The van der Waals surface area contributed by atoms with Crippen LogP contribution in [-0.2, 0) is 0 Å². The smallest absolute Gasteiger partial charge is 0.224 e. The lowest BCUT2D eigenvalue weighted by atomic mass is 9.99. The molecule has 0 saturated carbocycles. The number of benzene rings is 3. The van der Waals surface area contributed by atoms with Crippen molar-refractivity contribution in [2.45, 2.75) is 4.90 Å². The third-order valence-corrected chi connectivity index (χ3v) is 4.46. The number of rotatable bonds is 0. The van der Waals surface area contributed by atoms with Crippen molar-refractivity contribution in [3.63, 3.8) is 0 Å². The minimum atomic E-state index is -0.329. The minimum absolute atomic E-state index is 0.0586. The molecule has 3 aromatic rings. The fourth-order valence-corrected chi connectivity index (χ4v) is 3.64. The molecule has 3 aromatic carbocycles. The average molecular weight is 270 g/mol. The van der Waals surface area contributed by atoms with E-state index < -0.39 is 0 Å². The first-order valence-electron chi connectivity index (χ1n) is 5.75. The lowest BCUT2D eigenvalue weighted by molar-refractivity contribution is 0.109. The van der Waals surface area contributed by atoms with Crippen LogP contribution in [0.1, 0.15) is 10.4 Å². The molecule has 19 heavy (non-hydrogen) atoms. The molecule has 92 valence electrons. The molecule has 1 heterocycles. The van der Waals surface area contributed by atoms with E-state index in [1.54, 1.807) is 18.2 Å². The van der Waals surface area contributed by atoms with Crippen molar-refractivity contribution < 1.29 is 14.3 Å². The third kappa shape index (κ3) is 1.35. The molecule has 0 unspecified atom stereocenters. The zero-order chi connectivity index (χ0) is 13.1. The highest BCUT2D eigenvalue weighted by molar-refractivity contribution is 8.15. The summed E-state index contributed by atoms with van der Waals surface area (Å²) < 4.78 is 13.4. The number of phenols is 1. The van der Waals surface area contributed by atoms with Crippen LogP contribution in [0.3, 0.4) is 0 Å². The zero-order valence-corrected chi connectivity index (χ0v) is 10.4. The van der Waals surface area contributed by atoms with Gasteiger partial charge in [-0.25, -0.2) is 4.39 Å². The van der Waals surface area contributed by atoms with Crippen molar-refractivity contribution in [3.8, 4) is 5.75 Å². The van der Waals surface area contributed by atoms with Gasteiger partial charge in [0.05, 0.1) is 0 Å². The van der Waals surface area contributed by atoms with Gasteiger partial charge in [-0.3, -0.25) is 4.79 Å². The number of hydrogen-bond acceptors (Lipinski definition) is 3. The molecule has 2 nitrogen and oxygen atoms in total. The maximum Gasteiger partial charge on any atom is 0.224 e. The van der Waals surface area contributed by atoms with Crippen LogP contribution in [0.5, 0.6) is 5.75 Å². The summed E-state index contributed by atoms with van der Waals surface area (Å²) >= 11 is 1.10. The Labute approximate surface area is 111 Å². The largest absolute Gasteiger partial charge is 0.507 e. The fraction of sp³-hybridized carbons (Fsp3) is 0. The van der Waals surface area contributed by atoms with Gasteiger partial charge < -0.3 is 5.11 Å². The number of carbonyl (C=O) groups is 1. The summed E-state index contributed by atoms with van der Waals surface area (Å²) in [5.41, 5.74) is 0.582. The van der Waals surface area contributed by atoms with Gasteiger partial charge in [0.25, 0.3) is 0 Å². The van der Waals surface area contributed by atoms with E-state index in [1.165, 1.54) is 18.2 Å². The summed E-state index contributed by atoms with van der Waals surface area (Å²) in [6, 6.07) is 9.42. The van der Waals surface area contributed by atoms with Crippen LogP contribution in [0.15, 0.2) is 41.3 Å². The second-order valence-electron chi connectivity index (χ2n) is 4.52. The van der Waals surface area contributed by atoms with E-state index in [2.05, 4.69) is 0 Å². The van der Waals surface area contributed by atoms with E-state index in [-0.39, 0.29) is 16.7 Å². The molecule has 4 heteroatoms. The van der Waals surface area contributed by atoms with Crippen molar-refractivity contribution in [2.75, 3.05) is 0 Å². The number of phenolic OH excluding ortho intramolecular Hbond substituents is 1. The Morgan fingerprint density at radius 2 is 1.89 bits per heavy atom. The number of fused-ring (bicyclic) bond motifs is 2. The Morgan fingerprint density at radius 1 is 1.05 bits per heavy atom. The molecule has 0 radical (unpaired) electrons. The highest BCUT2D eigenvalue weighted by Gasteiger charge is 2.26. The molecule has 0 atom stereocenters. The van der Waals surface area contributed by atoms with Crippen LogP contribution in [-0.4, -0.2) is 10.2 Å². The third-order valence-electron chi connectivity index (χ3n) is 3.42. The van der Waals surface area contributed by atoms with E-state index in [0.717, 1.165) is 32.8 Å². The van der Waals surface area contributed by atoms with Gasteiger partial charge in [0.1, 0.15) is 11.6 Å². The fourth-order valence-electron chi connectivity index (χ4n) is 2.56. The van der Waals surface area contributed by atoms with Gasteiger partial charge in [0.15, 0.2) is 0 Å². The quantitative estimate of drug-likeness (QED) is 0.625. The maximum absolute atomic E-state index is 13.4. The molecule has 0 aliphatic carbocycles. The van der Waals surface area contributed by atoms with E-state index in [4.69, 9.17) is 0 Å². The van der Waals surface area contributed by atoms with Gasteiger partial charge in [-0.15, -0.1) is 0 Å². The molecule has 0 spiro atoms. The van der Waals surface area contributed by atoms with E-state index >= 15 is 0 Å². The predicted molar refractivity (Wildman–Crippen MR) is 73.3 cm³/mol. The molecule has 0 aromatic heterocycles. The minimum Gasteiger partial charge on any atom is -0.507 e. The van der Waals surface area contributed by atoms with Gasteiger partial charge in [-0.2, -0.15) is 0 Å². The van der Waals surface area contributed by atoms with Gasteiger partial charge in [-0.05, 0) is 52.9 Å². The Kier molecular flexibility index (Phi) is 1.98. The van der Waals surface area contributed by atoms with Crippen molar-refractivity contribution in [1.29, 1.82) is 0 Å². The molecular formula is C15H7FO2S. The lowest BCUT2D eigenvalue weighted by Crippen LogP contribution is -1.86.